The van der Waals surface area contributed by atoms with Gasteiger partial charge >= 0.3 is 0 Å². The number of nitrogens with zero attached hydrogens (tertiary/aromatic N) is 2. The van der Waals surface area contributed by atoms with Crippen LogP contribution in [-0.4, -0.2) is 4.98 Å². The molecule has 0 aliphatic rings. The van der Waals surface area contributed by atoms with Crippen molar-refractivity contribution in [2.24, 2.45) is 0 Å². The largest absolute Gasteiger partial charge is 0.358 e. The van der Waals surface area contributed by atoms with Gasteiger partial charge in [0.1, 0.15) is 11.9 Å². The molecule has 4 heteroatoms. The summed E-state index contributed by atoms with van der Waals surface area (Å²) in [6.07, 6.45) is 3.85. The van der Waals surface area contributed by atoms with Crippen molar-refractivity contribution in [3.8, 4) is 6.07 Å². The number of rotatable bonds is 6. The molecule has 0 amide bonds. The Bertz CT molecular complexity index is 800. The standard InChI is InChI=1S/C20H19N3S/c1-2-4-15-6-9-17(10-7-15)20(18-5-3-12-24-18)23-19-11-8-16(13-21)14-22-19/h3,5-12,14,20H,2,4H2,1H3,(H,22,23). The highest BCUT2D eigenvalue weighted by molar-refractivity contribution is 7.10. The Morgan fingerprint density at radius 1 is 1.17 bits per heavy atom. The van der Waals surface area contributed by atoms with Crippen LogP contribution in [0.25, 0.3) is 0 Å². The van der Waals surface area contributed by atoms with Gasteiger partial charge in [-0.3, -0.25) is 0 Å². The minimum Gasteiger partial charge on any atom is -0.358 e. The summed E-state index contributed by atoms with van der Waals surface area (Å²) in [5.74, 6) is 0.769. The van der Waals surface area contributed by atoms with Gasteiger partial charge in [-0.25, -0.2) is 4.98 Å². The highest BCUT2D eigenvalue weighted by Gasteiger charge is 2.15. The summed E-state index contributed by atoms with van der Waals surface area (Å²) in [5, 5.41) is 14.5. The Balaban J connectivity index is 1.87. The number of benzene rings is 1. The lowest BCUT2D eigenvalue weighted by Gasteiger charge is -2.19. The van der Waals surface area contributed by atoms with E-state index in [-0.39, 0.29) is 6.04 Å². The minimum absolute atomic E-state index is 0.0566. The first kappa shape index (κ1) is 16.2. The third-order valence-corrected chi connectivity index (χ3v) is 4.80. The van der Waals surface area contributed by atoms with E-state index in [0.29, 0.717) is 5.56 Å². The fourth-order valence-corrected chi connectivity index (χ4v) is 3.44. The van der Waals surface area contributed by atoms with Crippen molar-refractivity contribution in [2.45, 2.75) is 25.8 Å². The fraction of sp³-hybridized carbons (Fsp3) is 0.200. The van der Waals surface area contributed by atoms with Crippen LogP contribution in [0.15, 0.2) is 60.1 Å². The van der Waals surface area contributed by atoms with Crippen LogP contribution in [0, 0.1) is 11.3 Å². The molecule has 120 valence electrons. The third kappa shape index (κ3) is 3.81. The molecule has 3 nitrogen and oxygen atoms in total. The zero-order valence-electron chi connectivity index (χ0n) is 13.6. The molecule has 1 unspecified atom stereocenters. The summed E-state index contributed by atoms with van der Waals surface area (Å²) in [4.78, 5) is 5.58. The highest BCUT2D eigenvalue weighted by Crippen LogP contribution is 2.29. The Hall–Kier alpha value is -2.64. The van der Waals surface area contributed by atoms with Gasteiger partial charge < -0.3 is 5.32 Å². The van der Waals surface area contributed by atoms with Crippen molar-refractivity contribution >= 4 is 17.2 Å². The van der Waals surface area contributed by atoms with Gasteiger partial charge in [0, 0.05) is 11.1 Å². The van der Waals surface area contributed by atoms with Crippen molar-refractivity contribution in [1.82, 2.24) is 4.98 Å². The predicted molar refractivity (Wildman–Crippen MR) is 99.2 cm³/mol. The van der Waals surface area contributed by atoms with Crippen LogP contribution in [0.4, 0.5) is 5.82 Å². The highest BCUT2D eigenvalue weighted by atomic mass is 32.1. The smallest absolute Gasteiger partial charge is 0.126 e. The predicted octanol–water partition coefficient (Wildman–Crippen LogP) is 5.17. The maximum atomic E-state index is 8.90. The van der Waals surface area contributed by atoms with Crippen LogP contribution in [0.1, 0.15) is 41.0 Å². The second-order valence-electron chi connectivity index (χ2n) is 5.63. The maximum Gasteiger partial charge on any atom is 0.126 e. The second kappa shape index (κ2) is 7.76. The van der Waals surface area contributed by atoms with Gasteiger partial charge in [0.15, 0.2) is 0 Å². The van der Waals surface area contributed by atoms with Crippen LogP contribution in [0.5, 0.6) is 0 Å². The number of aryl methyl sites for hydroxylation is 1. The number of pyridine rings is 1. The molecule has 0 saturated carbocycles. The number of hydrogen-bond acceptors (Lipinski definition) is 4. The van der Waals surface area contributed by atoms with Crippen molar-refractivity contribution < 1.29 is 0 Å². The Labute approximate surface area is 146 Å². The molecule has 1 N–H and O–H groups in total. The van der Waals surface area contributed by atoms with Gasteiger partial charge in [0.2, 0.25) is 0 Å². The van der Waals surface area contributed by atoms with E-state index in [9.17, 15) is 0 Å². The van der Waals surface area contributed by atoms with Crippen molar-refractivity contribution in [3.05, 3.63) is 81.7 Å². The summed E-state index contributed by atoms with van der Waals surface area (Å²) < 4.78 is 0. The lowest BCUT2D eigenvalue weighted by Crippen LogP contribution is -2.12. The number of nitrogens with one attached hydrogen (secondary N) is 1. The maximum absolute atomic E-state index is 8.90. The second-order valence-corrected chi connectivity index (χ2v) is 6.61. The lowest BCUT2D eigenvalue weighted by atomic mass is 10.0. The van der Waals surface area contributed by atoms with Crippen molar-refractivity contribution in [1.29, 1.82) is 5.26 Å². The molecule has 1 aromatic carbocycles. The molecule has 0 radical (unpaired) electrons. The molecular weight excluding hydrogens is 314 g/mol. The fourth-order valence-electron chi connectivity index (χ4n) is 2.63. The normalized spacial score (nSPS) is 11.7. The third-order valence-electron chi connectivity index (χ3n) is 3.86. The first-order valence-corrected chi connectivity index (χ1v) is 8.93. The Morgan fingerprint density at radius 3 is 2.58 bits per heavy atom. The zero-order valence-corrected chi connectivity index (χ0v) is 14.4. The van der Waals surface area contributed by atoms with Gasteiger partial charge in [0.25, 0.3) is 0 Å². The Kier molecular flexibility index (Phi) is 5.25. The van der Waals surface area contributed by atoms with Gasteiger partial charge in [-0.1, -0.05) is 43.7 Å². The summed E-state index contributed by atoms with van der Waals surface area (Å²) >= 11 is 1.72. The quantitative estimate of drug-likeness (QED) is 0.677. The van der Waals surface area contributed by atoms with Gasteiger partial charge in [-0.05, 0) is 41.1 Å². The molecular formula is C20H19N3S. The number of aromatic nitrogens is 1. The van der Waals surface area contributed by atoms with E-state index >= 15 is 0 Å². The topological polar surface area (TPSA) is 48.7 Å². The van der Waals surface area contributed by atoms with Crippen LogP contribution in [0.2, 0.25) is 0 Å². The lowest BCUT2D eigenvalue weighted by molar-refractivity contribution is 0.911. The average molecular weight is 333 g/mol. The molecule has 0 aliphatic carbocycles. The number of anilines is 1. The molecule has 1 atom stereocenters. The van der Waals surface area contributed by atoms with Crippen LogP contribution >= 0.6 is 11.3 Å². The minimum atomic E-state index is 0.0566. The first-order valence-electron chi connectivity index (χ1n) is 8.05. The molecule has 0 bridgehead atoms. The monoisotopic (exact) mass is 333 g/mol. The van der Waals surface area contributed by atoms with Gasteiger partial charge in [-0.15, -0.1) is 11.3 Å². The molecule has 0 saturated heterocycles. The summed E-state index contributed by atoms with van der Waals surface area (Å²) in [6, 6.07) is 18.8. The number of nitriles is 1. The molecule has 2 heterocycles. The van der Waals surface area contributed by atoms with E-state index in [0.717, 1.165) is 18.7 Å². The average Bonchev–Trinajstić information content (AvgIpc) is 3.16. The molecule has 3 rings (SSSR count). The van der Waals surface area contributed by atoms with Gasteiger partial charge in [0.05, 0.1) is 11.6 Å². The van der Waals surface area contributed by atoms with Crippen molar-refractivity contribution in [3.63, 3.8) is 0 Å². The number of thiophene rings is 1. The van der Waals surface area contributed by atoms with E-state index in [4.69, 9.17) is 5.26 Å². The van der Waals surface area contributed by atoms with Crippen LogP contribution in [-0.2, 0) is 6.42 Å². The molecule has 0 spiro atoms. The van der Waals surface area contributed by atoms with Crippen LogP contribution < -0.4 is 5.32 Å². The molecule has 3 aromatic rings. The molecule has 24 heavy (non-hydrogen) atoms. The zero-order chi connectivity index (χ0) is 16.8. The summed E-state index contributed by atoms with van der Waals surface area (Å²) in [5.41, 5.74) is 3.14. The van der Waals surface area contributed by atoms with Crippen LogP contribution in [0.3, 0.4) is 0 Å². The Morgan fingerprint density at radius 2 is 2.00 bits per heavy atom. The molecule has 2 aromatic heterocycles. The SMILES string of the molecule is CCCc1ccc(C(Nc2ccc(C#N)cn2)c2cccs2)cc1. The van der Waals surface area contributed by atoms with Gasteiger partial charge in [-0.2, -0.15) is 5.26 Å². The molecule has 0 aliphatic heterocycles. The van der Waals surface area contributed by atoms with Crippen molar-refractivity contribution in [2.75, 3.05) is 5.32 Å². The van der Waals surface area contributed by atoms with E-state index in [1.807, 2.05) is 6.07 Å². The molecule has 0 fully saturated rings. The first-order chi connectivity index (χ1) is 11.8. The number of hydrogen-bond donors (Lipinski definition) is 1. The summed E-state index contributed by atoms with van der Waals surface area (Å²) in [7, 11) is 0. The van der Waals surface area contributed by atoms with E-state index in [2.05, 4.69) is 65.1 Å². The van der Waals surface area contributed by atoms with E-state index < -0.39 is 0 Å². The summed E-state index contributed by atoms with van der Waals surface area (Å²) in [6.45, 7) is 2.19. The van der Waals surface area contributed by atoms with E-state index in [1.165, 1.54) is 16.0 Å². The van der Waals surface area contributed by atoms with E-state index in [1.54, 1.807) is 23.6 Å².